The van der Waals surface area contributed by atoms with Crippen molar-refractivity contribution in [3.8, 4) is 0 Å². The Bertz CT molecular complexity index is 1350. The summed E-state index contributed by atoms with van der Waals surface area (Å²) in [6.45, 7) is 0. The largest absolute Gasteiger partial charge is 0.480 e. The van der Waals surface area contributed by atoms with E-state index in [1.165, 1.54) is 23.9 Å². The van der Waals surface area contributed by atoms with Crippen LogP contribution in [0.15, 0.2) is 54.6 Å². The van der Waals surface area contributed by atoms with Crippen molar-refractivity contribution in [3.63, 3.8) is 0 Å². The molecule has 0 aromatic heterocycles. The van der Waals surface area contributed by atoms with Gasteiger partial charge in [0.1, 0.15) is 17.7 Å². The van der Waals surface area contributed by atoms with Gasteiger partial charge in [0.05, 0.1) is 5.69 Å². The van der Waals surface area contributed by atoms with E-state index in [9.17, 15) is 28.3 Å². The lowest BCUT2D eigenvalue weighted by Crippen LogP contribution is -2.41. The molecule has 0 saturated carbocycles. The van der Waals surface area contributed by atoms with Crippen molar-refractivity contribution in [1.29, 1.82) is 0 Å². The van der Waals surface area contributed by atoms with E-state index in [0.717, 1.165) is 23.3 Å². The van der Waals surface area contributed by atoms with Crippen molar-refractivity contribution in [2.75, 3.05) is 17.3 Å². The van der Waals surface area contributed by atoms with E-state index in [0.29, 0.717) is 35.4 Å². The Morgan fingerprint density at radius 3 is 2.50 bits per heavy atom. The number of ketones is 1. The van der Waals surface area contributed by atoms with E-state index in [4.69, 9.17) is 0 Å². The zero-order valence-corrected chi connectivity index (χ0v) is 20.3. The number of carboxylic acid groups (broad SMARTS) is 1. The highest BCUT2D eigenvalue weighted by atomic mass is 32.2. The number of aliphatic carboxylic acids is 1. The monoisotopic (exact) mass is 510 g/mol. The number of benzene rings is 3. The summed E-state index contributed by atoms with van der Waals surface area (Å²) in [4.78, 5) is 37.6. The third kappa shape index (κ3) is 5.57. The van der Waals surface area contributed by atoms with E-state index >= 15 is 0 Å². The molecule has 1 aliphatic rings. The van der Waals surface area contributed by atoms with Crippen LogP contribution in [0.25, 0.3) is 0 Å². The highest BCUT2D eigenvalue weighted by Crippen LogP contribution is 2.29. The SMILES string of the molecule is CSCC[C@H](NC(=O)c1ccc2c(c1)C(=O)c1ccc(Nc3ccc(F)cc3F)cc1CC2)C(=O)O. The van der Waals surface area contributed by atoms with Gasteiger partial charge in [-0.1, -0.05) is 6.07 Å². The van der Waals surface area contributed by atoms with Gasteiger partial charge in [-0.2, -0.15) is 11.8 Å². The summed E-state index contributed by atoms with van der Waals surface area (Å²) in [6, 6.07) is 12.1. The van der Waals surface area contributed by atoms with E-state index in [1.54, 1.807) is 30.3 Å². The van der Waals surface area contributed by atoms with Gasteiger partial charge < -0.3 is 15.7 Å². The van der Waals surface area contributed by atoms with Crippen LogP contribution in [0.3, 0.4) is 0 Å². The van der Waals surface area contributed by atoms with E-state index in [-0.39, 0.29) is 23.5 Å². The topological polar surface area (TPSA) is 95.5 Å². The lowest BCUT2D eigenvalue weighted by atomic mass is 9.96. The maximum absolute atomic E-state index is 14.0. The van der Waals surface area contributed by atoms with E-state index in [2.05, 4.69) is 10.6 Å². The minimum Gasteiger partial charge on any atom is -0.480 e. The Morgan fingerprint density at radius 2 is 1.78 bits per heavy atom. The van der Waals surface area contributed by atoms with Crippen molar-refractivity contribution < 1.29 is 28.3 Å². The number of aryl methyl sites for hydroxylation is 2. The number of anilines is 2. The molecule has 1 amide bonds. The molecule has 3 aromatic carbocycles. The van der Waals surface area contributed by atoms with Crippen LogP contribution in [-0.4, -0.2) is 40.8 Å². The molecule has 0 bridgehead atoms. The first kappa shape index (κ1) is 25.4. The molecule has 0 saturated heterocycles. The van der Waals surface area contributed by atoms with Gasteiger partial charge in [0.2, 0.25) is 0 Å². The number of thioether (sulfide) groups is 1. The van der Waals surface area contributed by atoms with Crippen LogP contribution in [0.4, 0.5) is 20.2 Å². The van der Waals surface area contributed by atoms with Crippen LogP contribution in [0.1, 0.15) is 43.8 Å². The van der Waals surface area contributed by atoms with Gasteiger partial charge in [0.15, 0.2) is 5.78 Å². The van der Waals surface area contributed by atoms with Gasteiger partial charge in [-0.05, 0) is 84.9 Å². The number of hydrogen-bond donors (Lipinski definition) is 3. The Labute approximate surface area is 211 Å². The van der Waals surface area contributed by atoms with Crippen molar-refractivity contribution in [1.82, 2.24) is 5.32 Å². The summed E-state index contributed by atoms with van der Waals surface area (Å²) in [5.74, 6) is -2.72. The first-order valence-electron chi connectivity index (χ1n) is 11.3. The molecule has 36 heavy (non-hydrogen) atoms. The lowest BCUT2D eigenvalue weighted by Gasteiger charge is -2.15. The van der Waals surface area contributed by atoms with Crippen molar-refractivity contribution >= 4 is 40.8 Å². The fraction of sp³-hybridized carbons (Fsp3) is 0.222. The first-order chi connectivity index (χ1) is 17.3. The number of carbonyl (C=O) groups is 3. The zero-order chi connectivity index (χ0) is 25.8. The summed E-state index contributed by atoms with van der Waals surface area (Å²) in [7, 11) is 0. The van der Waals surface area contributed by atoms with Crippen molar-refractivity contribution in [2.45, 2.75) is 25.3 Å². The van der Waals surface area contributed by atoms with Crippen LogP contribution in [0.5, 0.6) is 0 Å². The fourth-order valence-corrected chi connectivity index (χ4v) is 4.61. The van der Waals surface area contributed by atoms with Gasteiger partial charge in [-0.25, -0.2) is 13.6 Å². The molecule has 0 spiro atoms. The molecule has 0 heterocycles. The van der Waals surface area contributed by atoms with Gasteiger partial charge in [-0.15, -0.1) is 0 Å². The molecule has 0 fully saturated rings. The summed E-state index contributed by atoms with van der Waals surface area (Å²) >= 11 is 1.49. The molecule has 6 nitrogen and oxygen atoms in total. The minimum atomic E-state index is -1.11. The van der Waals surface area contributed by atoms with Gasteiger partial charge in [-0.3, -0.25) is 9.59 Å². The average molecular weight is 511 g/mol. The number of nitrogens with one attached hydrogen (secondary N) is 2. The maximum Gasteiger partial charge on any atom is 0.326 e. The third-order valence-corrected chi connectivity index (χ3v) is 6.70. The van der Waals surface area contributed by atoms with Gasteiger partial charge in [0, 0.05) is 28.4 Å². The molecular weight excluding hydrogens is 486 g/mol. The quantitative estimate of drug-likeness (QED) is 0.396. The van der Waals surface area contributed by atoms with Crippen LogP contribution in [0, 0.1) is 11.6 Å². The molecule has 3 N–H and O–H groups in total. The predicted molar refractivity (Wildman–Crippen MR) is 135 cm³/mol. The van der Waals surface area contributed by atoms with Crippen molar-refractivity contribution in [3.05, 3.63) is 94.0 Å². The molecule has 3 aromatic rings. The summed E-state index contributed by atoms with van der Waals surface area (Å²) in [5.41, 5.74) is 3.30. The molecule has 0 radical (unpaired) electrons. The molecule has 0 unspecified atom stereocenters. The Kier molecular flexibility index (Phi) is 7.69. The van der Waals surface area contributed by atoms with Crippen LogP contribution in [0.2, 0.25) is 0 Å². The number of hydrogen-bond acceptors (Lipinski definition) is 5. The second kappa shape index (κ2) is 10.9. The smallest absolute Gasteiger partial charge is 0.326 e. The average Bonchev–Trinajstić information content (AvgIpc) is 2.99. The Morgan fingerprint density at radius 1 is 1.00 bits per heavy atom. The molecule has 4 rings (SSSR count). The molecule has 1 aliphatic carbocycles. The van der Waals surface area contributed by atoms with E-state index in [1.807, 2.05) is 6.26 Å². The van der Waals surface area contributed by atoms with Crippen LogP contribution < -0.4 is 10.6 Å². The number of halogens is 2. The number of rotatable bonds is 8. The Balaban J connectivity index is 1.57. The molecule has 0 aliphatic heterocycles. The molecule has 1 atom stereocenters. The summed E-state index contributed by atoms with van der Waals surface area (Å²) < 4.78 is 27.2. The van der Waals surface area contributed by atoms with E-state index < -0.39 is 29.6 Å². The molecule has 9 heteroatoms. The Hall–Kier alpha value is -3.72. The normalized spacial score (nSPS) is 13.2. The minimum absolute atomic E-state index is 0.118. The van der Waals surface area contributed by atoms with Gasteiger partial charge >= 0.3 is 5.97 Å². The second-order valence-electron chi connectivity index (χ2n) is 8.47. The summed E-state index contributed by atoms with van der Waals surface area (Å²) in [6.07, 6.45) is 3.25. The number of carboxylic acids is 1. The first-order valence-corrected chi connectivity index (χ1v) is 12.7. The number of fused-ring (bicyclic) bond motifs is 2. The highest BCUT2D eigenvalue weighted by molar-refractivity contribution is 7.98. The second-order valence-corrected chi connectivity index (χ2v) is 9.45. The maximum atomic E-state index is 14.0. The predicted octanol–water partition coefficient (Wildman–Crippen LogP) is 4.97. The van der Waals surface area contributed by atoms with Crippen LogP contribution >= 0.6 is 11.8 Å². The lowest BCUT2D eigenvalue weighted by molar-refractivity contribution is -0.139. The fourth-order valence-electron chi connectivity index (χ4n) is 4.14. The standard InChI is InChI=1S/C27H24F2N2O4S/c1-36-11-10-24(27(34)35)31-26(33)17-5-3-15-2-4-16-12-19(7-8-20(16)25(32)21(15)13-17)30-23-9-6-18(28)14-22(23)29/h3,5-9,12-14,24,30H,2,4,10-11H2,1H3,(H,31,33)(H,34,35)/t24-/m0/s1. The number of amides is 1. The number of carbonyl (C=O) groups excluding carboxylic acids is 2. The molecular formula is C27H24F2N2O4S. The molecule has 186 valence electrons. The zero-order valence-electron chi connectivity index (χ0n) is 19.4. The highest BCUT2D eigenvalue weighted by Gasteiger charge is 2.25. The van der Waals surface area contributed by atoms with Crippen LogP contribution in [-0.2, 0) is 17.6 Å². The third-order valence-electron chi connectivity index (χ3n) is 6.05. The van der Waals surface area contributed by atoms with Crippen molar-refractivity contribution in [2.24, 2.45) is 0 Å². The summed E-state index contributed by atoms with van der Waals surface area (Å²) in [5, 5.41) is 14.9. The van der Waals surface area contributed by atoms with Gasteiger partial charge in [0.25, 0.3) is 5.91 Å².